The predicted molar refractivity (Wildman–Crippen MR) is 69.7 cm³/mol. The fourth-order valence-electron chi connectivity index (χ4n) is 2.46. The minimum atomic E-state index is 0.0645. The average molecular weight is 232 g/mol. The number of carbonyl (C=O) groups excluding carboxylic acids is 1. The molecule has 0 bridgehead atoms. The molecule has 3 nitrogen and oxygen atoms in total. The van der Waals surface area contributed by atoms with Crippen LogP contribution in [0.1, 0.15) is 31.2 Å². The van der Waals surface area contributed by atoms with Crippen molar-refractivity contribution in [1.82, 2.24) is 4.90 Å². The highest BCUT2D eigenvalue weighted by molar-refractivity contribution is 5.77. The van der Waals surface area contributed by atoms with Gasteiger partial charge >= 0.3 is 0 Å². The van der Waals surface area contributed by atoms with Crippen LogP contribution >= 0.6 is 0 Å². The van der Waals surface area contributed by atoms with Crippen molar-refractivity contribution in [3.05, 3.63) is 29.8 Å². The molecular formula is C14H20N2O. The van der Waals surface area contributed by atoms with Gasteiger partial charge in [0.15, 0.2) is 0 Å². The Morgan fingerprint density at radius 1 is 1.29 bits per heavy atom. The highest BCUT2D eigenvalue weighted by Crippen LogP contribution is 2.46. The molecule has 0 unspecified atom stereocenters. The van der Waals surface area contributed by atoms with E-state index in [9.17, 15) is 4.79 Å². The van der Waals surface area contributed by atoms with Gasteiger partial charge in [-0.15, -0.1) is 0 Å². The lowest BCUT2D eigenvalue weighted by Crippen LogP contribution is -2.39. The predicted octanol–water partition coefficient (Wildman–Crippen LogP) is 2.17. The summed E-state index contributed by atoms with van der Waals surface area (Å²) >= 11 is 0. The summed E-state index contributed by atoms with van der Waals surface area (Å²) < 4.78 is 0. The third-order valence-electron chi connectivity index (χ3n) is 3.82. The summed E-state index contributed by atoms with van der Waals surface area (Å²) in [6.07, 6.45) is 4.04. The lowest BCUT2D eigenvalue weighted by atomic mass is 9.62. The van der Waals surface area contributed by atoms with E-state index >= 15 is 0 Å². The topological polar surface area (TPSA) is 46.3 Å². The molecule has 0 atom stereocenters. The maximum atomic E-state index is 11.9. The Morgan fingerprint density at radius 2 is 1.88 bits per heavy atom. The van der Waals surface area contributed by atoms with E-state index in [4.69, 9.17) is 5.73 Å². The van der Waals surface area contributed by atoms with Crippen LogP contribution in [0, 0.1) is 0 Å². The van der Waals surface area contributed by atoms with Gasteiger partial charge in [0.1, 0.15) is 0 Å². The number of hydrogen-bond donors (Lipinski definition) is 1. The molecule has 1 aliphatic carbocycles. The van der Waals surface area contributed by atoms with Gasteiger partial charge in [0.2, 0.25) is 5.91 Å². The molecule has 1 amide bonds. The molecule has 92 valence electrons. The van der Waals surface area contributed by atoms with E-state index in [1.807, 2.05) is 26.2 Å². The van der Waals surface area contributed by atoms with Crippen molar-refractivity contribution < 1.29 is 4.79 Å². The molecule has 2 rings (SSSR count). The molecule has 1 aliphatic rings. The number of rotatable bonds is 3. The van der Waals surface area contributed by atoms with E-state index in [0.717, 1.165) is 18.5 Å². The minimum Gasteiger partial charge on any atom is -0.399 e. The first-order valence-corrected chi connectivity index (χ1v) is 6.10. The van der Waals surface area contributed by atoms with Crippen molar-refractivity contribution in [2.75, 3.05) is 19.8 Å². The van der Waals surface area contributed by atoms with Crippen LogP contribution in [0.25, 0.3) is 0 Å². The number of nitrogen functional groups attached to an aromatic ring is 1. The molecule has 3 heteroatoms. The number of anilines is 1. The van der Waals surface area contributed by atoms with Crippen LogP contribution in [0.4, 0.5) is 5.69 Å². The maximum Gasteiger partial charge on any atom is 0.222 e. The summed E-state index contributed by atoms with van der Waals surface area (Å²) in [5.74, 6) is 0.210. The van der Waals surface area contributed by atoms with Crippen LogP contribution in [-0.4, -0.2) is 24.9 Å². The fourth-order valence-corrected chi connectivity index (χ4v) is 2.46. The lowest BCUT2D eigenvalue weighted by molar-refractivity contribution is -0.130. The molecule has 1 fully saturated rings. The zero-order valence-corrected chi connectivity index (χ0v) is 10.6. The molecule has 0 saturated heterocycles. The van der Waals surface area contributed by atoms with Crippen molar-refractivity contribution in [2.24, 2.45) is 0 Å². The zero-order valence-electron chi connectivity index (χ0n) is 10.6. The average Bonchev–Trinajstić information content (AvgIpc) is 2.24. The standard InChI is InChI=1S/C14H20N2O/c1-16(2)13(17)10-14(8-3-9-14)11-4-6-12(15)7-5-11/h4-7H,3,8-10,15H2,1-2H3. The first-order valence-electron chi connectivity index (χ1n) is 6.10. The van der Waals surface area contributed by atoms with E-state index in [-0.39, 0.29) is 11.3 Å². The summed E-state index contributed by atoms with van der Waals surface area (Å²) in [6, 6.07) is 7.99. The summed E-state index contributed by atoms with van der Waals surface area (Å²) in [6.45, 7) is 0. The Morgan fingerprint density at radius 3 is 2.29 bits per heavy atom. The molecule has 17 heavy (non-hydrogen) atoms. The van der Waals surface area contributed by atoms with Gasteiger partial charge < -0.3 is 10.6 Å². The van der Waals surface area contributed by atoms with Crippen molar-refractivity contribution in [1.29, 1.82) is 0 Å². The lowest BCUT2D eigenvalue weighted by Gasteiger charge is -2.42. The molecule has 0 heterocycles. The fraction of sp³-hybridized carbons (Fsp3) is 0.500. The quantitative estimate of drug-likeness (QED) is 0.812. The first-order chi connectivity index (χ1) is 8.03. The molecule has 0 radical (unpaired) electrons. The Hall–Kier alpha value is -1.51. The summed E-state index contributed by atoms with van der Waals surface area (Å²) in [5, 5.41) is 0. The third-order valence-corrected chi connectivity index (χ3v) is 3.82. The van der Waals surface area contributed by atoms with Gasteiger partial charge in [0.25, 0.3) is 0 Å². The Balaban J connectivity index is 2.20. The van der Waals surface area contributed by atoms with Crippen molar-refractivity contribution >= 4 is 11.6 Å². The highest BCUT2D eigenvalue weighted by atomic mass is 16.2. The van der Waals surface area contributed by atoms with Gasteiger partial charge in [-0.05, 0) is 30.5 Å². The molecule has 0 aromatic heterocycles. The summed E-state index contributed by atoms with van der Waals surface area (Å²) in [4.78, 5) is 13.6. The molecular weight excluding hydrogens is 212 g/mol. The largest absolute Gasteiger partial charge is 0.399 e. The van der Waals surface area contributed by atoms with E-state index in [0.29, 0.717) is 6.42 Å². The number of amides is 1. The number of benzene rings is 1. The second-order valence-corrected chi connectivity index (χ2v) is 5.22. The smallest absolute Gasteiger partial charge is 0.222 e. The zero-order chi connectivity index (χ0) is 12.5. The number of nitrogens with two attached hydrogens (primary N) is 1. The maximum absolute atomic E-state index is 11.9. The normalized spacial score (nSPS) is 17.3. The molecule has 1 aromatic carbocycles. The monoisotopic (exact) mass is 232 g/mol. The van der Waals surface area contributed by atoms with Gasteiger partial charge in [-0.2, -0.15) is 0 Å². The summed E-state index contributed by atoms with van der Waals surface area (Å²) in [5.41, 5.74) is 7.81. The van der Waals surface area contributed by atoms with E-state index in [2.05, 4.69) is 12.1 Å². The van der Waals surface area contributed by atoms with E-state index in [1.165, 1.54) is 12.0 Å². The molecule has 0 aliphatic heterocycles. The van der Waals surface area contributed by atoms with Crippen LogP contribution in [0.15, 0.2) is 24.3 Å². The van der Waals surface area contributed by atoms with Crippen LogP contribution < -0.4 is 5.73 Å². The van der Waals surface area contributed by atoms with E-state index < -0.39 is 0 Å². The second kappa shape index (κ2) is 4.40. The number of nitrogens with zero attached hydrogens (tertiary/aromatic N) is 1. The van der Waals surface area contributed by atoms with Crippen LogP contribution in [-0.2, 0) is 10.2 Å². The highest BCUT2D eigenvalue weighted by Gasteiger charge is 2.40. The Labute approximate surface area is 103 Å². The van der Waals surface area contributed by atoms with Gasteiger partial charge in [0.05, 0.1) is 0 Å². The van der Waals surface area contributed by atoms with E-state index in [1.54, 1.807) is 4.90 Å². The van der Waals surface area contributed by atoms with Gasteiger partial charge in [-0.3, -0.25) is 4.79 Å². The van der Waals surface area contributed by atoms with Crippen LogP contribution in [0.3, 0.4) is 0 Å². The second-order valence-electron chi connectivity index (χ2n) is 5.22. The van der Waals surface area contributed by atoms with Gasteiger partial charge in [-0.1, -0.05) is 18.6 Å². The number of hydrogen-bond acceptors (Lipinski definition) is 2. The van der Waals surface area contributed by atoms with Crippen molar-refractivity contribution in [3.63, 3.8) is 0 Å². The molecule has 1 saturated carbocycles. The number of carbonyl (C=O) groups is 1. The Kier molecular flexibility index (Phi) is 3.09. The SMILES string of the molecule is CN(C)C(=O)CC1(c2ccc(N)cc2)CCC1. The first kappa shape index (κ1) is 12.0. The molecule has 2 N–H and O–H groups in total. The Bertz CT molecular complexity index is 405. The third kappa shape index (κ3) is 2.28. The van der Waals surface area contributed by atoms with Gasteiger partial charge in [0, 0.05) is 31.6 Å². The summed E-state index contributed by atoms with van der Waals surface area (Å²) in [7, 11) is 3.63. The van der Waals surface area contributed by atoms with Crippen LogP contribution in [0.5, 0.6) is 0 Å². The minimum absolute atomic E-state index is 0.0645. The van der Waals surface area contributed by atoms with Gasteiger partial charge in [-0.25, -0.2) is 0 Å². The molecule has 1 aromatic rings. The molecule has 0 spiro atoms. The van der Waals surface area contributed by atoms with Crippen LogP contribution in [0.2, 0.25) is 0 Å². The van der Waals surface area contributed by atoms with Crippen molar-refractivity contribution in [2.45, 2.75) is 31.1 Å². The van der Waals surface area contributed by atoms with Crippen molar-refractivity contribution in [3.8, 4) is 0 Å².